The van der Waals surface area contributed by atoms with Crippen molar-refractivity contribution in [3.05, 3.63) is 50.4 Å². The third kappa shape index (κ3) is 2.80. The molecule has 1 aromatic carbocycles. The Morgan fingerprint density at radius 2 is 2.13 bits per heavy atom. The molecule has 0 unspecified atom stereocenters. The van der Waals surface area contributed by atoms with Gasteiger partial charge in [0.05, 0.1) is 10.9 Å². The van der Waals surface area contributed by atoms with Crippen molar-refractivity contribution < 1.29 is 0 Å². The number of thiazole rings is 1. The zero-order valence-electron chi connectivity index (χ0n) is 7.91. The van der Waals surface area contributed by atoms with E-state index < -0.39 is 0 Å². The Hall–Kier alpha value is -0.380. The van der Waals surface area contributed by atoms with Gasteiger partial charge < -0.3 is 0 Å². The average Bonchev–Trinajstić information content (AvgIpc) is 2.69. The standard InChI is InChI=1S/C11H9BrClNS/c12-10-4-2-1-3-8(10)5-11-14-7-9(6-13)15-11/h1-4,7H,5-6H2. The maximum atomic E-state index is 5.74. The van der Waals surface area contributed by atoms with Gasteiger partial charge in [-0.15, -0.1) is 22.9 Å². The molecule has 4 heteroatoms. The number of hydrogen-bond donors (Lipinski definition) is 0. The quantitative estimate of drug-likeness (QED) is 0.773. The molecule has 1 aromatic heterocycles. The van der Waals surface area contributed by atoms with Crippen molar-refractivity contribution in [1.82, 2.24) is 4.98 Å². The van der Waals surface area contributed by atoms with E-state index in [4.69, 9.17) is 11.6 Å². The summed E-state index contributed by atoms with van der Waals surface area (Å²) in [6.45, 7) is 0. The number of rotatable bonds is 3. The summed E-state index contributed by atoms with van der Waals surface area (Å²) >= 11 is 10.9. The maximum absolute atomic E-state index is 5.74. The molecule has 15 heavy (non-hydrogen) atoms. The summed E-state index contributed by atoms with van der Waals surface area (Å²) in [5.74, 6) is 0.549. The fourth-order valence-electron chi connectivity index (χ4n) is 1.30. The van der Waals surface area contributed by atoms with Gasteiger partial charge in [0.1, 0.15) is 0 Å². The normalized spacial score (nSPS) is 10.5. The molecule has 1 nitrogen and oxygen atoms in total. The number of hydrogen-bond acceptors (Lipinski definition) is 2. The van der Waals surface area contributed by atoms with Crippen molar-refractivity contribution in [2.45, 2.75) is 12.3 Å². The first-order valence-electron chi connectivity index (χ1n) is 4.52. The van der Waals surface area contributed by atoms with Crippen molar-refractivity contribution in [3.8, 4) is 0 Å². The van der Waals surface area contributed by atoms with E-state index in [1.165, 1.54) is 5.56 Å². The van der Waals surface area contributed by atoms with Gasteiger partial charge in [-0.2, -0.15) is 0 Å². The molecule has 0 N–H and O–H groups in total. The minimum absolute atomic E-state index is 0.549. The Balaban J connectivity index is 2.18. The van der Waals surface area contributed by atoms with Crippen LogP contribution in [0.4, 0.5) is 0 Å². The Labute approximate surface area is 106 Å². The van der Waals surface area contributed by atoms with Gasteiger partial charge in [0.25, 0.3) is 0 Å². The number of alkyl halides is 1. The summed E-state index contributed by atoms with van der Waals surface area (Å²) in [6.07, 6.45) is 2.72. The van der Waals surface area contributed by atoms with Gasteiger partial charge in [0.15, 0.2) is 0 Å². The smallest absolute Gasteiger partial charge is 0.0972 e. The van der Waals surface area contributed by atoms with E-state index in [0.29, 0.717) is 5.88 Å². The monoisotopic (exact) mass is 301 g/mol. The highest BCUT2D eigenvalue weighted by atomic mass is 79.9. The minimum atomic E-state index is 0.549. The van der Waals surface area contributed by atoms with E-state index in [-0.39, 0.29) is 0 Å². The number of halogens is 2. The van der Waals surface area contributed by atoms with Gasteiger partial charge in [0, 0.05) is 22.0 Å². The first kappa shape index (κ1) is 11.1. The van der Waals surface area contributed by atoms with Gasteiger partial charge in [-0.05, 0) is 11.6 Å². The summed E-state index contributed by atoms with van der Waals surface area (Å²) < 4.78 is 1.13. The van der Waals surface area contributed by atoms with Crippen LogP contribution >= 0.6 is 38.9 Å². The fourth-order valence-corrected chi connectivity index (χ4v) is 2.75. The van der Waals surface area contributed by atoms with Gasteiger partial charge in [-0.3, -0.25) is 0 Å². The molecule has 0 bridgehead atoms. The predicted molar refractivity (Wildman–Crippen MR) is 68.6 cm³/mol. The molecule has 0 aliphatic carbocycles. The number of benzene rings is 1. The first-order chi connectivity index (χ1) is 7.29. The molecule has 0 aliphatic heterocycles. The van der Waals surface area contributed by atoms with Gasteiger partial charge >= 0.3 is 0 Å². The van der Waals surface area contributed by atoms with Crippen molar-refractivity contribution in [3.63, 3.8) is 0 Å². The van der Waals surface area contributed by atoms with Crippen LogP contribution in [-0.4, -0.2) is 4.98 Å². The van der Waals surface area contributed by atoms with Crippen LogP contribution in [0.15, 0.2) is 34.9 Å². The number of nitrogens with zero attached hydrogens (tertiary/aromatic N) is 1. The zero-order valence-corrected chi connectivity index (χ0v) is 11.1. The number of aromatic nitrogens is 1. The van der Waals surface area contributed by atoms with Crippen LogP contribution in [0.2, 0.25) is 0 Å². The molecule has 0 radical (unpaired) electrons. The Morgan fingerprint density at radius 1 is 1.33 bits per heavy atom. The van der Waals surface area contributed by atoms with E-state index in [1.54, 1.807) is 11.3 Å². The molecule has 2 aromatic rings. The van der Waals surface area contributed by atoms with Crippen molar-refractivity contribution in [1.29, 1.82) is 0 Å². The highest BCUT2D eigenvalue weighted by molar-refractivity contribution is 9.10. The Kier molecular flexibility index (Phi) is 3.78. The summed E-state index contributed by atoms with van der Waals surface area (Å²) in [4.78, 5) is 5.46. The topological polar surface area (TPSA) is 12.9 Å². The summed E-state index contributed by atoms with van der Waals surface area (Å²) in [5.41, 5.74) is 1.26. The third-order valence-corrected chi connectivity index (χ3v) is 4.25. The van der Waals surface area contributed by atoms with Crippen LogP contribution in [0.5, 0.6) is 0 Å². The molecule has 0 fully saturated rings. The average molecular weight is 303 g/mol. The molecular formula is C11H9BrClNS. The molecule has 1 heterocycles. The molecule has 0 amide bonds. The maximum Gasteiger partial charge on any atom is 0.0972 e. The Bertz CT molecular complexity index is 455. The lowest BCUT2D eigenvalue weighted by molar-refractivity contribution is 1.13. The minimum Gasteiger partial charge on any atom is -0.249 e. The largest absolute Gasteiger partial charge is 0.249 e. The van der Waals surface area contributed by atoms with E-state index in [0.717, 1.165) is 20.8 Å². The second-order valence-corrected chi connectivity index (χ2v) is 5.44. The van der Waals surface area contributed by atoms with E-state index in [1.807, 2.05) is 24.4 Å². The SMILES string of the molecule is ClCc1cnc(Cc2ccccc2Br)s1. The second kappa shape index (κ2) is 5.10. The molecule has 0 aliphatic rings. The first-order valence-corrected chi connectivity index (χ1v) is 6.67. The lowest BCUT2D eigenvalue weighted by Gasteiger charge is -2.00. The van der Waals surface area contributed by atoms with Crippen molar-refractivity contribution in [2.24, 2.45) is 0 Å². The second-order valence-electron chi connectivity index (χ2n) is 3.12. The van der Waals surface area contributed by atoms with Crippen LogP contribution < -0.4 is 0 Å². The molecule has 78 valence electrons. The molecule has 0 spiro atoms. The van der Waals surface area contributed by atoms with Gasteiger partial charge in [-0.25, -0.2) is 4.98 Å². The summed E-state index contributed by atoms with van der Waals surface area (Å²) in [5, 5.41) is 1.11. The van der Waals surface area contributed by atoms with E-state index in [9.17, 15) is 0 Å². The summed E-state index contributed by atoms with van der Waals surface area (Å²) in [6, 6.07) is 8.20. The molecule has 0 atom stereocenters. The van der Waals surface area contributed by atoms with Crippen LogP contribution in [-0.2, 0) is 12.3 Å². The van der Waals surface area contributed by atoms with E-state index >= 15 is 0 Å². The Morgan fingerprint density at radius 3 is 2.80 bits per heavy atom. The van der Waals surface area contributed by atoms with Crippen LogP contribution in [0, 0.1) is 0 Å². The van der Waals surface area contributed by atoms with Crippen LogP contribution in [0.3, 0.4) is 0 Å². The van der Waals surface area contributed by atoms with Crippen LogP contribution in [0.25, 0.3) is 0 Å². The van der Waals surface area contributed by atoms with Crippen molar-refractivity contribution in [2.75, 3.05) is 0 Å². The van der Waals surface area contributed by atoms with Crippen molar-refractivity contribution >= 4 is 38.9 Å². The molecule has 0 saturated carbocycles. The lowest BCUT2D eigenvalue weighted by Crippen LogP contribution is -1.87. The van der Waals surface area contributed by atoms with Gasteiger partial charge in [0.2, 0.25) is 0 Å². The molecular weight excluding hydrogens is 294 g/mol. The third-order valence-electron chi connectivity index (χ3n) is 2.03. The molecule has 0 saturated heterocycles. The fraction of sp³-hybridized carbons (Fsp3) is 0.182. The highest BCUT2D eigenvalue weighted by Crippen LogP contribution is 2.22. The lowest BCUT2D eigenvalue weighted by atomic mass is 10.2. The zero-order chi connectivity index (χ0) is 10.7. The van der Waals surface area contributed by atoms with Crippen LogP contribution in [0.1, 0.15) is 15.4 Å². The summed E-state index contributed by atoms with van der Waals surface area (Å²) in [7, 11) is 0. The highest BCUT2D eigenvalue weighted by Gasteiger charge is 2.04. The molecule has 2 rings (SSSR count). The predicted octanol–water partition coefficient (Wildman–Crippen LogP) is 4.24. The van der Waals surface area contributed by atoms with Gasteiger partial charge in [-0.1, -0.05) is 34.1 Å². The van der Waals surface area contributed by atoms with E-state index in [2.05, 4.69) is 27.0 Å².